The van der Waals surface area contributed by atoms with Gasteiger partial charge in [0.05, 0.1) is 5.69 Å². The second-order valence-corrected chi connectivity index (χ2v) is 4.67. The van der Waals surface area contributed by atoms with Crippen molar-refractivity contribution in [2.45, 2.75) is 13.5 Å². The molecule has 0 fully saturated rings. The molecule has 3 heteroatoms. The minimum absolute atomic E-state index is 0.535. The molecule has 0 aliphatic rings. The van der Waals surface area contributed by atoms with Gasteiger partial charge >= 0.3 is 0 Å². The van der Waals surface area contributed by atoms with Crippen LogP contribution in [0.25, 0.3) is 5.69 Å². The van der Waals surface area contributed by atoms with Gasteiger partial charge in [0.25, 0.3) is 0 Å². The monoisotopic (exact) mass is 264 g/mol. The molecule has 100 valence electrons. The van der Waals surface area contributed by atoms with Crippen LogP contribution < -0.4 is 4.74 Å². The number of benzene rings is 2. The maximum atomic E-state index is 5.79. The molecule has 0 aliphatic carbocycles. The molecule has 1 heterocycles. The lowest BCUT2D eigenvalue weighted by Crippen LogP contribution is -1.98. The van der Waals surface area contributed by atoms with Gasteiger partial charge in [-0.1, -0.05) is 48.5 Å². The Morgan fingerprint density at radius 3 is 2.30 bits per heavy atom. The van der Waals surface area contributed by atoms with E-state index >= 15 is 0 Å². The van der Waals surface area contributed by atoms with Crippen molar-refractivity contribution in [3.05, 3.63) is 78.0 Å². The largest absolute Gasteiger partial charge is 0.472 e. The van der Waals surface area contributed by atoms with Crippen molar-refractivity contribution in [3.8, 4) is 11.6 Å². The Labute approximate surface area is 118 Å². The highest BCUT2D eigenvalue weighted by Crippen LogP contribution is 2.18. The normalized spacial score (nSPS) is 10.4. The number of hydrogen-bond donors (Lipinski definition) is 0. The number of aryl methyl sites for hydroxylation is 1. The number of ether oxygens (including phenoxy) is 1. The molecule has 20 heavy (non-hydrogen) atoms. The lowest BCUT2D eigenvalue weighted by atomic mass is 10.2. The summed E-state index contributed by atoms with van der Waals surface area (Å²) in [5, 5.41) is 4.49. The summed E-state index contributed by atoms with van der Waals surface area (Å²) in [7, 11) is 0. The van der Waals surface area contributed by atoms with Crippen molar-refractivity contribution >= 4 is 0 Å². The van der Waals surface area contributed by atoms with E-state index in [1.54, 1.807) is 0 Å². The van der Waals surface area contributed by atoms with E-state index in [1.165, 1.54) is 0 Å². The molecule has 0 spiro atoms. The van der Waals surface area contributed by atoms with Gasteiger partial charge in [-0.25, -0.2) is 4.68 Å². The third-order valence-corrected chi connectivity index (χ3v) is 3.09. The van der Waals surface area contributed by atoms with Crippen LogP contribution in [0.3, 0.4) is 0 Å². The number of aromatic nitrogens is 2. The number of para-hydroxylation sites is 1. The molecule has 3 rings (SSSR count). The van der Waals surface area contributed by atoms with Crippen LogP contribution in [-0.4, -0.2) is 9.78 Å². The van der Waals surface area contributed by atoms with Crippen LogP contribution in [0, 0.1) is 6.92 Å². The molecule has 0 N–H and O–H groups in total. The van der Waals surface area contributed by atoms with E-state index in [0.29, 0.717) is 12.5 Å². The van der Waals surface area contributed by atoms with E-state index in [-0.39, 0.29) is 0 Å². The molecule has 0 atom stereocenters. The van der Waals surface area contributed by atoms with Crippen LogP contribution in [0.15, 0.2) is 66.9 Å². The zero-order chi connectivity index (χ0) is 13.8. The molecule has 3 aromatic rings. The first kappa shape index (κ1) is 12.5. The number of nitrogens with zero attached hydrogens (tertiary/aromatic N) is 2. The van der Waals surface area contributed by atoms with Crippen molar-refractivity contribution in [2.75, 3.05) is 0 Å². The summed E-state index contributed by atoms with van der Waals surface area (Å²) < 4.78 is 7.64. The Morgan fingerprint density at radius 1 is 0.950 bits per heavy atom. The first-order valence-corrected chi connectivity index (χ1v) is 6.61. The molecule has 1 aromatic heterocycles. The highest BCUT2D eigenvalue weighted by molar-refractivity contribution is 5.34. The average Bonchev–Trinajstić information content (AvgIpc) is 2.88. The summed E-state index contributed by atoms with van der Waals surface area (Å²) in [5.41, 5.74) is 3.20. The van der Waals surface area contributed by atoms with Crippen LogP contribution in [0.2, 0.25) is 0 Å². The molecule has 2 aromatic carbocycles. The third-order valence-electron chi connectivity index (χ3n) is 3.09. The van der Waals surface area contributed by atoms with E-state index < -0.39 is 0 Å². The van der Waals surface area contributed by atoms with Crippen molar-refractivity contribution in [3.63, 3.8) is 0 Å². The molecular weight excluding hydrogens is 248 g/mol. The SMILES string of the molecule is Cc1cn(-c2ccccc2)nc1OCc1ccccc1. The predicted molar refractivity (Wildman–Crippen MR) is 79.1 cm³/mol. The Morgan fingerprint density at radius 2 is 1.60 bits per heavy atom. The molecule has 3 nitrogen and oxygen atoms in total. The Balaban J connectivity index is 1.76. The van der Waals surface area contributed by atoms with Gasteiger partial charge in [-0.3, -0.25) is 0 Å². The Hall–Kier alpha value is -2.55. The fraction of sp³-hybridized carbons (Fsp3) is 0.118. The third kappa shape index (κ3) is 2.72. The van der Waals surface area contributed by atoms with Gasteiger partial charge in [-0.05, 0) is 24.6 Å². The first-order chi connectivity index (χ1) is 9.83. The predicted octanol–water partition coefficient (Wildman–Crippen LogP) is 3.76. The quantitative estimate of drug-likeness (QED) is 0.717. The fourth-order valence-corrected chi connectivity index (χ4v) is 2.03. The summed E-state index contributed by atoms with van der Waals surface area (Å²) in [5.74, 6) is 0.678. The first-order valence-electron chi connectivity index (χ1n) is 6.61. The van der Waals surface area contributed by atoms with E-state index in [9.17, 15) is 0 Å². The minimum Gasteiger partial charge on any atom is -0.472 e. The van der Waals surface area contributed by atoms with E-state index in [2.05, 4.69) is 5.10 Å². The van der Waals surface area contributed by atoms with Crippen LogP contribution in [-0.2, 0) is 6.61 Å². The van der Waals surface area contributed by atoms with Gasteiger partial charge in [0.15, 0.2) is 0 Å². The lowest BCUT2D eigenvalue weighted by molar-refractivity contribution is 0.290. The summed E-state index contributed by atoms with van der Waals surface area (Å²) in [6.07, 6.45) is 1.98. The Kier molecular flexibility index (Phi) is 3.50. The van der Waals surface area contributed by atoms with E-state index in [0.717, 1.165) is 16.8 Å². The summed E-state index contributed by atoms with van der Waals surface area (Å²) in [6.45, 7) is 2.54. The maximum Gasteiger partial charge on any atom is 0.236 e. The molecule has 0 radical (unpaired) electrons. The number of hydrogen-bond acceptors (Lipinski definition) is 2. The molecule has 0 aliphatic heterocycles. The van der Waals surface area contributed by atoms with Crippen LogP contribution in [0.1, 0.15) is 11.1 Å². The second kappa shape index (κ2) is 5.61. The lowest BCUT2D eigenvalue weighted by Gasteiger charge is -2.04. The summed E-state index contributed by atoms with van der Waals surface area (Å²) in [6, 6.07) is 20.1. The Bertz CT molecular complexity index is 675. The fourth-order valence-electron chi connectivity index (χ4n) is 2.03. The van der Waals surface area contributed by atoms with Gasteiger partial charge in [0.1, 0.15) is 6.61 Å². The molecule has 0 amide bonds. The maximum absolute atomic E-state index is 5.79. The highest BCUT2D eigenvalue weighted by atomic mass is 16.5. The van der Waals surface area contributed by atoms with Crippen molar-refractivity contribution in [1.29, 1.82) is 0 Å². The number of rotatable bonds is 4. The van der Waals surface area contributed by atoms with Crippen molar-refractivity contribution in [2.24, 2.45) is 0 Å². The minimum atomic E-state index is 0.535. The van der Waals surface area contributed by atoms with Gasteiger partial charge in [0, 0.05) is 11.8 Å². The standard InChI is InChI=1S/C17H16N2O/c1-14-12-19(16-10-6-3-7-11-16)18-17(14)20-13-15-8-4-2-5-9-15/h2-12H,13H2,1H3. The van der Waals surface area contributed by atoms with Crippen LogP contribution in [0.5, 0.6) is 5.88 Å². The molecular formula is C17H16N2O. The zero-order valence-corrected chi connectivity index (χ0v) is 11.4. The van der Waals surface area contributed by atoms with E-state index in [4.69, 9.17) is 4.74 Å². The topological polar surface area (TPSA) is 27.1 Å². The summed E-state index contributed by atoms with van der Waals surface area (Å²) in [4.78, 5) is 0. The smallest absolute Gasteiger partial charge is 0.236 e. The molecule has 0 saturated heterocycles. The average molecular weight is 264 g/mol. The zero-order valence-electron chi connectivity index (χ0n) is 11.4. The highest BCUT2D eigenvalue weighted by Gasteiger charge is 2.07. The molecule has 0 bridgehead atoms. The van der Waals surface area contributed by atoms with Gasteiger partial charge < -0.3 is 4.74 Å². The van der Waals surface area contributed by atoms with Gasteiger partial charge in [-0.15, -0.1) is 5.10 Å². The van der Waals surface area contributed by atoms with Crippen LogP contribution >= 0.6 is 0 Å². The van der Waals surface area contributed by atoms with Crippen LogP contribution in [0.4, 0.5) is 0 Å². The second-order valence-electron chi connectivity index (χ2n) is 4.67. The van der Waals surface area contributed by atoms with Crippen molar-refractivity contribution in [1.82, 2.24) is 9.78 Å². The summed E-state index contributed by atoms with van der Waals surface area (Å²) >= 11 is 0. The van der Waals surface area contributed by atoms with E-state index in [1.807, 2.05) is 78.5 Å². The molecule has 0 unspecified atom stereocenters. The molecule has 0 saturated carbocycles. The van der Waals surface area contributed by atoms with Gasteiger partial charge in [-0.2, -0.15) is 0 Å². The van der Waals surface area contributed by atoms with Gasteiger partial charge in [0.2, 0.25) is 5.88 Å². The van der Waals surface area contributed by atoms with Crippen molar-refractivity contribution < 1.29 is 4.74 Å².